The molecule has 9 heteroatoms. The monoisotopic (exact) mass is 361 g/mol. The molecule has 0 atom stereocenters. The molecule has 1 aliphatic rings. The van der Waals surface area contributed by atoms with Crippen molar-refractivity contribution in [1.82, 2.24) is 5.32 Å². The number of ether oxygens (including phenoxy) is 1. The molecular weight excluding hydrogens is 334 g/mol. The lowest BCUT2D eigenvalue weighted by atomic mass is 10.2. The predicted molar refractivity (Wildman–Crippen MR) is 90.2 cm³/mol. The number of hydrogen-bond donors (Lipinski definition) is 4. The molecule has 0 radical (unpaired) electrons. The van der Waals surface area contributed by atoms with Gasteiger partial charge < -0.3 is 25.4 Å². The molecule has 1 amide bonds. The third-order valence-corrected chi connectivity index (χ3v) is 1.36. The fraction of sp³-hybridized carbons (Fsp3) is 0.500. The number of esters is 2. The summed E-state index contributed by atoms with van der Waals surface area (Å²) in [6, 6.07) is 0. The van der Waals surface area contributed by atoms with Gasteiger partial charge in [-0.15, -0.1) is 0 Å². The first-order valence-electron chi connectivity index (χ1n) is 6.72. The number of aliphatic carboxylic acids is 1. The summed E-state index contributed by atoms with van der Waals surface area (Å²) in [6.45, 7) is 7.98. The van der Waals surface area contributed by atoms with Crippen molar-refractivity contribution in [3.8, 4) is 0 Å². The van der Waals surface area contributed by atoms with Gasteiger partial charge in [-0.25, -0.2) is 14.4 Å². The van der Waals surface area contributed by atoms with E-state index in [1.807, 2.05) is 0 Å². The Labute approximate surface area is 147 Å². The minimum absolute atomic E-state index is 0. The molecule has 1 heterocycles. The third-order valence-electron chi connectivity index (χ3n) is 1.36. The van der Waals surface area contributed by atoms with Gasteiger partial charge in [-0.2, -0.15) is 0 Å². The maximum atomic E-state index is 10.7. The molecule has 0 fully saturated rings. The van der Waals surface area contributed by atoms with Gasteiger partial charge in [-0.3, -0.25) is 4.79 Å². The Morgan fingerprint density at radius 2 is 1.36 bits per heavy atom. The standard InChI is InChI=1S/C7H11NO4.C4H2O3.C4H10O.CH4/c1-7(2,12)8-5(9)3-4-6(10)11;5-3-1-2-4(6)7-3;1-4(2,3)5;/h3-4,12H,1-2H3,(H,8,9)(H,10,11);1-2H;5H,1-3H3;1H4/b4-3-;;;. The smallest absolute Gasteiger partial charge is 0.338 e. The lowest BCUT2D eigenvalue weighted by Crippen LogP contribution is -2.42. The number of aliphatic hydroxyl groups is 2. The molecule has 0 aromatic carbocycles. The molecule has 1 aliphatic heterocycles. The van der Waals surface area contributed by atoms with Crippen molar-refractivity contribution in [3.05, 3.63) is 24.3 Å². The van der Waals surface area contributed by atoms with Gasteiger partial charge in [0.25, 0.3) is 0 Å². The molecule has 0 aromatic heterocycles. The molecule has 9 nitrogen and oxygen atoms in total. The van der Waals surface area contributed by atoms with Gasteiger partial charge >= 0.3 is 17.9 Å². The van der Waals surface area contributed by atoms with Crippen LogP contribution in [0.1, 0.15) is 42.0 Å². The molecule has 0 aliphatic carbocycles. The minimum Gasteiger partial charge on any atom is -0.478 e. The second-order valence-corrected chi connectivity index (χ2v) is 5.96. The van der Waals surface area contributed by atoms with Crippen LogP contribution in [0.2, 0.25) is 0 Å². The summed E-state index contributed by atoms with van der Waals surface area (Å²) < 4.78 is 3.97. The van der Waals surface area contributed by atoms with E-state index in [4.69, 9.17) is 15.3 Å². The molecule has 0 saturated carbocycles. The van der Waals surface area contributed by atoms with Crippen molar-refractivity contribution in [1.29, 1.82) is 0 Å². The van der Waals surface area contributed by atoms with Crippen molar-refractivity contribution in [2.75, 3.05) is 0 Å². The Balaban J connectivity index is -0.000000316. The summed E-state index contributed by atoms with van der Waals surface area (Å²) in [7, 11) is 0. The second-order valence-electron chi connectivity index (χ2n) is 5.96. The Kier molecular flexibility index (Phi) is 13.0. The molecule has 0 unspecified atom stereocenters. The van der Waals surface area contributed by atoms with Crippen LogP contribution in [0.4, 0.5) is 0 Å². The van der Waals surface area contributed by atoms with E-state index >= 15 is 0 Å². The molecular formula is C16H27NO8. The molecule has 0 saturated heterocycles. The van der Waals surface area contributed by atoms with E-state index in [1.54, 1.807) is 20.8 Å². The van der Waals surface area contributed by atoms with Gasteiger partial charge in [-0.1, -0.05) is 7.43 Å². The zero-order valence-corrected chi connectivity index (χ0v) is 14.2. The number of carbonyl (C=O) groups is 4. The van der Waals surface area contributed by atoms with Crippen molar-refractivity contribution in [2.24, 2.45) is 0 Å². The number of carboxylic acids is 1. The van der Waals surface area contributed by atoms with Gasteiger partial charge in [0.2, 0.25) is 5.91 Å². The van der Waals surface area contributed by atoms with Gasteiger partial charge in [-0.05, 0) is 34.6 Å². The molecule has 0 spiro atoms. The maximum Gasteiger partial charge on any atom is 0.338 e. The van der Waals surface area contributed by atoms with Crippen molar-refractivity contribution in [3.63, 3.8) is 0 Å². The largest absolute Gasteiger partial charge is 0.478 e. The van der Waals surface area contributed by atoms with Gasteiger partial charge in [0.05, 0.1) is 5.60 Å². The van der Waals surface area contributed by atoms with E-state index < -0.39 is 35.1 Å². The summed E-state index contributed by atoms with van der Waals surface area (Å²) >= 11 is 0. The van der Waals surface area contributed by atoms with Crippen LogP contribution < -0.4 is 5.32 Å². The maximum absolute atomic E-state index is 10.7. The lowest BCUT2D eigenvalue weighted by Gasteiger charge is -2.17. The van der Waals surface area contributed by atoms with E-state index in [0.29, 0.717) is 6.08 Å². The summed E-state index contributed by atoms with van der Waals surface area (Å²) in [6.07, 6.45) is 3.70. The van der Waals surface area contributed by atoms with E-state index in [2.05, 4.69) is 10.1 Å². The topological polar surface area (TPSA) is 150 Å². The number of nitrogens with one attached hydrogen (secondary N) is 1. The minimum atomic E-state index is -1.33. The van der Waals surface area contributed by atoms with Crippen LogP contribution in [0.15, 0.2) is 24.3 Å². The van der Waals surface area contributed by atoms with E-state index in [1.165, 1.54) is 13.8 Å². The number of amides is 1. The third kappa shape index (κ3) is 30.0. The van der Waals surface area contributed by atoms with E-state index in [-0.39, 0.29) is 7.43 Å². The van der Waals surface area contributed by atoms with Crippen LogP contribution in [-0.4, -0.2) is 50.5 Å². The predicted octanol–water partition coefficient (Wildman–Crippen LogP) is 0.511. The average Bonchev–Trinajstić information content (AvgIpc) is 2.67. The van der Waals surface area contributed by atoms with Crippen LogP contribution in [0.3, 0.4) is 0 Å². The SMILES string of the molecule is C.CC(C)(C)O.CC(C)(O)NC(=O)/C=C\C(=O)O.O=C1C=CC(=O)O1. The van der Waals surface area contributed by atoms with Crippen LogP contribution in [0.25, 0.3) is 0 Å². The Morgan fingerprint density at radius 1 is 1.00 bits per heavy atom. The second kappa shape index (κ2) is 11.9. The van der Waals surface area contributed by atoms with E-state index in [9.17, 15) is 19.2 Å². The summed E-state index contributed by atoms with van der Waals surface area (Å²) in [4.78, 5) is 40.5. The van der Waals surface area contributed by atoms with Crippen LogP contribution in [-0.2, 0) is 23.9 Å². The van der Waals surface area contributed by atoms with Gasteiger partial charge in [0.15, 0.2) is 0 Å². The average molecular weight is 361 g/mol. The molecule has 0 aromatic rings. The quantitative estimate of drug-likeness (QED) is 0.246. The molecule has 25 heavy (non-hydrogen) atoms. The molecule has 144 valence electrons. The van der Waals surface area contributed by atoms with Crippen molar-refractivity contribution >= 4 is 23.8 Å². The number of hydrogen-bond acceptors (Lipinski definition) is 7. The molecule has 1 rings (SSSR count). The van der Waals surface area contributed by atoms with Crippen LogP contribution in [0, 0.1) is 0 Å². The fourth-order valence-corrected chi connectivity index (χ4v) is 0.793. The number of carbonyl (C=O) groups excluding carboxylic acids is 3. The van der Waals surface area contributed by atoms with Crippen LogP contribution >= 0.6 is 0 Å². The number of cyclic esters (lactones) is 2. The summed E-state index contributed by atoms with van der Waals surface area (Å²) in [5.74, 6) is -3.01. The van der Waals surface area contributed by atoms with Crippen molar-refractivity contribution in [2.45, 2.75) is 53.4 Å². The summed E-state index contributed by atoms with van der Waals surface area (Å²) in [5, 5.41) is 27.8. The zero-order chi connectivity index (χ0) is 19.6. The number of carboxylic acid groups (broad SMARTS) is 1. The van der Waals surface area contributed by atoms with Gasteiger partial charge in [0.1, 0.15) is 5.72 Å². The highest BCUT2D eigenvalue weighted by molar-refractivity contribution is 6.04. The fourth-order valence-electron chi connectivity index (χ4n) is 0.793. The molecule has 4 N–H and O–H groups in total. The highest BCUT2D eigenvalue weighted by Crippen LogP contribution is 1.94. The van der Waals surface area contributed by atoms with E-state index in [0.717, 1.165) is 18.2 Å². The highest BCUT2D eigenvalue weighted by atomic mass is 16.6. The first-order valence-corrected chi connectivity index (χ1v) is 6.72. The summed E-state index contributed by atoms with van der Waals surface area (Å²) in [5.41, 5.74) is -1.83. The zero-order valence-electron chi connectivity index (χ0n) is 14.2. The van der Waals surface area contributed by atoms with Crippen molar-refractivity contribution < 1.29 is 39.2 Å². The normalized spacial score (nSPS) is 12.9. The molecule has 0 bridgehead atoms. The first-order chi connectivity index (χ1) is 10.6. The lowest BCUT2D eigenvalue weighted by molar-refractivity contribution is -0.150. The Hall–Kier alpha value is -2.52. The van der Waals surface area contributed by atoms with Crippen LogP contribution in [0.5, 0.6) is 0 Å². The number of rotatable bonds is 3. The van der Waals surface area contributed by atoms with Gasteiger partial charge in [0, 0.05) is 24.3 Å². The first kappa shape index (κ1) is 27.3. The Morgan fingerprint density at radius 3 is 1.56 bits per heavy atom. The Bertz CT molecular complexity index is 499. The highest BCUT2D eigenvalue weighted by Gasteiger charge is 2.13.